The van der Waals surface area contributed by atoms with Crippen molar-refractivity contribution in [2.24, 2.45) is 0 Å². The van der Waals surface area contributed by atoms with Gasteiger partial charge in [-0.25, -0.2) is 4.98 Å². The molecule has 0 radical (unpaired) electrons. The molecular weight excluding hydrogens is 566 g/mol. The summed E-state index contributed by atoms with van der Waals surface area (Å²) in [5.74, 6) is -3.82. The standard InChI is InChI=1S/C32H43N5O7/c38-28(20-36(21-29(39)40)18-19-37(22-30(41)42)23-31(43)44)33-16-10-4-2-1-3-5-11-17-34-32-24-12-6-8-14-26(24)35-27-15-9-7-13-25(27)32/h6-9,12-15H,1-5,10-11,16-23H2,(H,33,38)(H,34,35)(H,39,40)(H,41,42)(H,43,44). The average Bonchev–Trinajstić information content (AvgIpc) is 2.97. The van der Waals surface area contributed by atoms with E-state index in [0.717, 1.165) is 79.0 Å². The summed E-state index contributed by atoms with van der Waals surface area (Å²) in [4.78, 5) is 52.8. The van der Waals surface area contributed by atoms with Crippen LogP contribution >= 0.6 is 0 Å². The first-order valence-corrected chi connectivity index (χ1v) is 15.1. The van der Waals surface area contributed by atoms with Gasteiger partial charge in [0, 0.05) is 37.0 Å². The molecule has 44 heavy (non-hydrogen) atoms. The van der Waals surface area contributed by atoms with Crippen LogP contribution in [-0.4, -0.2) is 106 Å². The number of carboxylic acids is 3. The van der Waals surface area contributed by atoms with Crippen LogP contribution < -0.4 is 10.6 Å². The van der Waals surface area contributed by atoms with Crippen LogP contribution in [0.15, 0.2) is 48.5 Å². The van der Waals surface area contributed by atoms with Crippen molar-refractivity contribution in [3.8, 4) is 0 Å². The molecule has 0 bridgehead atoms. The number of carboxylic acid groups (broad SMARTS) is 3. The van der Waals surface area contributed by atoms with E-state index in [9.17, 15) is 19.2 Å². The summed E-state index contributed by atoms with van der Waals surface area (Å²) in [6.07, 6.45) is 7.31. The summed E-state index contributed by atoms with van der Waals surface area (Å²) in [6, 6.07) is 16.4. The van der Waals surface area contributed by atoms with E-state index in [1.54, 1.807) is 0 Å². The second-order valence-electron chi connectivity index (χ2n) is 10.9. The molecule has 5 N–H and O–H groups in total. The third kappa shape index (κ3) is 12.1. The quantitative estimate of drug-likeness (QED) is 0.0834. The minimum atomic E-state index is -1.19. The van der Waals surface area contributed by atoms with Crippen molar-refractivity contribution in [3.05, 3.63) is 48.5 Å². The molecule has 12 heteroatoms. The van der Waals surface area contributed by atoms with Gasteiger partial charge in [0.2, 0.25) is 5.91 Å². The Hall–Kier alpha value is -4.29. The van der Waals surface area contributed by atoms with E-state index in [1.807, 2.05) is 36.4 Å². The van der Waals surface area contributed by atoms with Crippen LogP contribution in [0.3, 0.4) is 0 Å². The number of hydrogen-bond acceptors (Lipinski definition) is 8. The monoisotopic (exact) mass is 609 g/mol. The molecule has 1 aromatic heterocycles. The number of pyridine rings is 1. The third-order valence-corrected chi connectivity index (χ3v) is 7.24. The molecule has 0 saturated carbocycles. The van der Waals surface area contributed by atoms with Gasteiger partial charge in [-0.1, -0.05) is 68.5 Å². The van der Waals surface area contributed by atoms with Crippen molar-refractivity contribution < 1.29 is 34.5 Å². The highest BCUT2D eigenvalue weighted by Gasteiger charge is 2.18. The Morgan fingerprint density at radius 2 is 1.02 bits per heavy atom. The van der Waals surface area contributed by atoms with Crippen LogP contribution in [-0.2, 0) is 19.2 Å². The van der Waals surface area contributed by atoms with Crippen molar-refractivity contribution in [1.82, 2.24) is 20.1 Å². The molecule has 0 fully saturated rings. The second kappa shape index (κ2) is 18.4. The normalized spacial score (nSPS) is 11.3. The number of benzene rings is 2. The molecule has 0 aliphatic carbocycles. The molecular formula is C32H43N5O7. The van der Waals surface area contributed by atoms with Crippen molar-refractivity contribution >= 4 is 51.3 Å². The van der Waals surface area contributed by atoms with Gasteiger partial charge in [0.25, 0.3) is 0 Å². The molecule has 0 spiro atoms. The fourth-order valence-corrected chi connectivity index (χ4v) is 5.15. The SMILES string of the molecule is O=C(O)CN(CCN(CC(=O)O)CC(=O)NCCCCCCCCCNc1c2ccccc2nc2ccccc12)CC(=O)O. The number of hydrogen-bond donors (Lipinski definition) is 5. The number of amides is 1. The predicted octanol–water partition coefficient (Wildman–Crippen LogP) is 3.50. The predicted molar refractivity (Wildman–Crippen MR) is 169 cm³/mol. The van der Waals surface area contributed by atoms with Crippen LogP contribution in [0.1, 0.15) is 44.9 Å². The molecule has 12 nitrogen and oxygen atoms in total. The fourth-order valence-electron chi connectivity index (χ4n) is 5.15. The number of para-hydroxylation sites is 2. The van der Waals surface area contributed by atoms with E-state index in [2.05, 4.69) is 22.8 Å². The lowest BCUT2D eigenvalue weighted by Gasteiger charge is -2.24. The first kappa shape index (κ1) is 34.2. The zero-order chi connectivity index (χ0) is 31.7. The van der Waals surface area contributed by atoms with E-state index in [0.29, 0.717) is 6.54 Å². The summed E-state index contributed by atoms with van der Waals surface area (Å²) in [5.41, 5.74) is 3.11. The van der Waals surface area contributed by atoms with Gasteiger partial charge < -0.3 is 26.0 Å². The van der Waals surface area contributed by atoms with Gasteiger partial charge in [0.1, 0.15) is 0 Å². The number of unbranched alkanes of at least 4 members (excludes halogenated alkanes) is 6. The largest absolute Gasteiger partial charge is 0.480 e. The number of carbonyl (C=O) groups excluding carboxylic acids is 1. The van der Waals surface area contributed by atoms with Crippen LogP contribution in [0.5, 0.6) is 0 Å². The van der Waals surface area contributed by atoms with Crippen molar-refractivity contribution in [1.29, 1.82) is 0 Å². The minimum Gasteiger partial charge on any atom is -0.480 e. The Labute approximate surface area is 257 Å². The summed E-state index contributed by atoms with van der Waals surface area (Å²) in [7, 11) is 0. The lowest BCUT2D eigenvalue weighted by molar-refractivity contribution is -0.143. The number of carbonyl (C=O) groups is 4. The van der Waals surface area contributed by atoms with E-state index in [1.165, 1.54) is 9.80 Å². The van der Waals surface area contributed by atoms with Crippen molar-refractivity contribution in [2.45, 2.75) is 44.9 Å². The minimum absolute atomic E-state index is 0.00672. The van der Waals surface area contributed by atoms with E-state index in [-0.39, 0.29) is 25.5 Å². The molecule has 0 aliphatic heterocycles. The number of aliphatic carboxylic acids is 3. The first-order chi connectivity index (χ1) is 21.2. The van der Waals surface area contributed by atoms with Crippen LogP contribution in [0.25, 0.3) is 21.8 Å². The molecule has 3 rings (SSSR count). The maximum absolute atomic E-state index is 12.4. The van der Waals surface area contributed by atoms with Gasteiger partial charge in [0.15, 0.2) is 0 Å². The second-order valence-corrected chi connectivity index (χ2v) is 10.9. The molecule has 1 heterocycles. The number of fused-ring (bicyclic) bond motifs is 2. The van der Waals surface area contributed by atoms with Gasteiger partial charge in [-0.3, -0.25) is 29.0 Å². The van der Waals surface area contributed by atoms with Gasteiger partial charge in [-0.05, 0) is 25.0 Å². The topological polar surface area (TPSA) is 172 Å². The number of nitrogens with zero attached hydrogens (tertiary/aromatic N) is 3. The molecule has 238 valence electrons. The zero-order valence-electron chi connectivity index (χ0n) is 25.0. The van der Waals surface area contributed by atoms with Crippen molar-refractivity contribution in [3.63, 3.8) is 0 Å². The maximum atomic E-state index is 12.4. The fraction of sp³-hybridized carbons (Fsp3) is 0.469. The van der Waals surface area contributed by atoms with Gasteiger partial charge in [-0.2, -0.15) is 0 Å². The van der Waals surface area contributed by atoms with E-state index in [4.69, 9.17) is 20.3 Å². The number of nitrogens with one attached hydrogen (secondary N) is 2. The lowest BCUT2D eigenvalue weighted by atomic mass is 10.1. The average molecular weight is 610 g/mol. The summed E-state index contributed by atoms with van der Waals surface area (Å²) in [6.45, 7) is -0.125. The van der Waals surface area contributed by atoms with Gasteiger partial charge in [0.05, 0.1) is 42.9 Å². The first-order valence-electron chi connectivity index (χ1n) is 15.1. The van der Waals surface area contributed by atoms with E-state index >= 15 is 0 Å². The smallest absolute Gasteiger partial charge is 0.317 e. The number of anilines is 1. The Morgan fingerprint density at radius 1 is 0.591 bits per heavy atom. The Balaban J connectivity index is 1.28. The highest BCUT2D eigenvalue weighted by molar-refractivity contribution is 6.07. The molecule has 1 amide bonds. The molecule has 0 atom stereocenters. The summed E-state index contributed by atoms with van der Waals surface area (Å²) < 4.78 is 0. The maximum Gasteiger partial charge on any atom is 0.317 e. The Bertz CT molecular complexity index is 1330. The molecule has 2 aromatic carbocycles. The molecule has 0 aliphatic rings. The van der Waals surface area contributed by atoms with Gasteiger partial charge in [-0.15, -0.1) is 0 Å². The van der Waals surface area contributed by atoms with Crippen LogP contribution in [0, 0.1) is 0 Å². The van der Waals surface area contributed by atoms with Gasteiger partial charge >= 0.3 is 17.9 Å². The number of rotatable bonds is 22. The molecule has 0 unspecified atom stereocenters. The Kier molecular flexibility index (Phi) is 14.3. The number of aromatic nitrogens is 1. The lowest BCUT2D eigenvalue weighted by Crippen LogP contribution is -2.45. The molecule has 3 aromatic rings. The van der Waals surface area contributed by atoms with Crippen LogP contribution in [0.4, 0.5) is 5.69 Å². The summed E-state index contributed by atoms with van der Waals surface area (Å²) in [5, 5.41) is 35.8. The highest BCUT2D eigenvalue weighted by Crippen LogP contribution is 2.30. The van der Waals surface area contributed by atoms with Crippen LogP contribution in [0.2, 0.25) is 0 Å². The van der Waals surface area contributed by atoms with Crippen molar-refractivity contribution in [2.75, 3.05) is 57.7 Å². The Morgan fingerprint density at radius 3 is 1.52 bits per heavy atom. The zero-order valence-corrected chi connectivity index (χ0v) is 25.0. The van der Waals surface area contributed by atoms with E-state index < -0.39 is 37.5 Å². The third-order valence-electron chi connectivity index (χ3n) is 7.24. The highest BCUT2D eigenvalue weighted by atomic mass is 16.4. The molecule has 0 saturated heterocycles. The summed E-state index contributed by atoms with van der Waals surface area (Å²) >= 11 is 0.